The summed E-state index contributed by atoms with van der Waals surface area (Å²) in [5, 5.41) is 8.62. The lowest BCUT2D eigenvalue weighted by Crippen LogP contribution is -2.29. The zero-order valence-electron chi connectivity index (χ0n) is 17.9. The van der Waals surface area contributed by atoms with Crippen molar-refractivity contribution in [1.29, 1.82) is 0 Å². The molecule has 0 aliphatic carbocycles. The smallest absolute Gasteiger partial charge is 0.224 e. The van der Waals surface area contributed by atoms with Crippen LogP contribution < -0.4 is 4.90 Å². The quantitative estimate of drug-likeness (QED) is 0.528. The third kappa shape index (κ3) is 3.84. The van der Waals surface area contributed by atoms with E-state index in [1.807, 2.05) is 68.6 Å². The number of rotatable bonds is 0. The van der Waals surface area contributed by atoms with Gasteiger partial charge in [0.25, 0.3) is 0 Å². The molecule has 1 aliphatic heterocycles. The van der Waals surface area contributed by atoms with Crippen molar-refractivity contribution in [2.45, 2.75) is 48.1 Å². The number of nitrogens with zero attached hydrogens (tertiary/aromatic N) is 4. The molecule has 0 unspecified atom stereocenters. The first-order valence-corrected chi connectivity index (χ1v) is 9.93. The van der Waals surface area contributed by atoms with Gasteiger partial charge in [0, 0.05) is 25.1 Å². The zero-order chi connectivity index (χ0) is 20.8. The van der Waals surface area contributed by atoms with Gasteiger partial charge in [0.1, 0.15) is 5.69 Å². The van der Waals surface area contributed by atoms with Crippen LogP contribution in [-0.2, 0) is 18.4 Å². The van der Waals surface area contributed by atoms with Gasteiger partial charge in [-0.05, 0) is 18.6 Å². The Kier molecular flexibility index (Phi) is 7.10. The van der Waals surface area contributed by atoms with Crippen molar-refractivity contribution in [1.82, 2.24) is 15.0 Å². The summed E-state index contributed by atoms with van der Waals surface area (Å²) in [4.78, 5) is 14.1. The van der Waals surface area contributed by atoms with E-state index in [2.05, 4.69) is 35.4 Å². The van der Waals surface area contributed by atoms with Crippen LogP contribution in [-0.4, -0.2) is 20.9 Å². The molecule has 4 rings (SSSR count). The summed E-state index contributed by atoms with van der Waals surface area (Å²) in [5.41, 5.74) is 6.95. The van der Waals surface area contributed by atoms with E-state index >= 15 is 0 Å². The van der Waals surface area contributed by atoms with Gasteiger partial charge in [-0.3, -0.25) is 4.79 Å². The van der Waals surface area contributed by atoms with Crippen molar-refractivity contribution in [3.05, 3.63) is 53.6 Å². The Balaban J connectivity index is 0.000000660. The predicted molar refractivity (Wildman–Crippen MR) is 116 cm³/mol. The normalized spacial score (nSPS) is 11.3. The van der Waals surface area contributed by atoms with Crippen LogP contribution in [0.2, 0.25) is 0 Å². The molecular weight excluding hydrogens is 348 g/mol. The summed E-state index contributed by atoms with van der Waals surface area (Å²) in [5.74, 6) is 0.0160. The molecule has 5 nitrogen and oxygen atoms in total. The summed E-state index contributed by atoms with van der Waals surface area (Å²) in [6.45, 7) is 12.2. The third-order valence-corrected chi connectivity index (χ3v) is 4.50. The Morgan fingerprint density at radius 3 is 2.36 bits per heavy atom. The van der Waals surface area contributed by atoms with Crippen molar-refractivity contribution < 1.29 is 4.79 Å². The molecule has 1 aliphatic rings. The van der Waals surface area contributed by atoms with Crippen molar-refractivity contribution in [3.8, 4) is 22.5 Å². The highest BCUT2D eigenvalue weighted by Gasteiger charge is 2.27. The van der Waals surface area contributed by atoms with E-state index in [0.717, 1.165) is 33.8 Å². The Morgan fingerprint density at radius 1 is 1.00 bits per heavy atom. The molecule has 1 aromatic heterocycles. The van der Waals surface area contributed by atoms with Crippen molar-refractivity contribution in [2.24, 2.45) is 7.05 Å². The number of hydrogen-bond donors (Lipinski definition) is 0. The standard InChI is InChI=1S/C19H18N4O.2C2H6/c1-12-8-9-15-14(10-12)11-23(13(2)24)17-7-5-4-6-16(17)18-19(15)22(3)21-20-18;2*1-2/h4-10H,11H2,1-3H3;2*1-2H3. The van der Waals surface area contributed by atoms with Crippen LogP contribution in [0.25, 0.3) is 22.5 Å². The molecular formula is C23H30N4O. The number of aryl methyl sites for hydroxylation is 2. The lowest BCUT2D eigenvalue weighted by atomic mass is 9.94. The minimum Gasteiger partial charge on any atom is -0.308 e. The highest BCUT2D eigenvalue weighted by atomic mass is 16.2. The van der Waals surface area contributed by atoms with Crippen LogP contribution in [0.4, 0.5) is 5.69 Å². The average Bonchev–Trinajstić information content (AvgIpc) is 3.09. The van der Waals surface area contributed by atoms with Gasteiger partial charge in [-0.15, -0.1) is 5.10 Å². The maximum Gasteiger partial charge on any atom is 0.224 e. The fourth-order valence-corrected chi connectivity index (χ4v) is 3.37. The molecule has 148 valence electrons. The molecule has 28 heavy (non-hydrogen) atoms. The highest BCUT2D eigenvalue weighted by molar-refractivity contribution is 5.99. The number of fused-ring (bicyclic) bond motifs is 5. The Hall–Kier alpha value is -2.95. The summed E-state index contributed by atoms with van der Waals surface area (Å²) in [6.07, 6.45) is 0. The maximum absolute atomic E-state index is 12.3. The molecule has 1 amide bonds. The molecule has 2 heterocycles. The molecule has 3 aromatic rings. The van der Waals surface area contributed by atoms with E-state index in [4.69, 9.17) is 0 Å². The average molecular weight is 379 g/mol. The molecule has 0 saturated carbocycles. The van der Waals surface area contributed by atoms with E-state index in [9.17, 15) is 4.79 Å². The van der Waals surface area contributed by atoms with Crippen LogP contribution >= 0.6 is 0 Å². The number of benzene rings is 2. The third-order valence-electron chi connectivity index (χ3n) is 4.50. The van der Waals surface area contributed by atoms with E-state index < -0.39 is 0 Å². The molecule has 0 atom stereocenters. The van der Waals surface area contributed by atoms with Crippen LogP contribution in [0, 0.1) is 6.92 Å². The molecule has 0 N–H and O–H groups in total. The molecule has 0 radical (unpaired) electrons. The van der Waals surface area contributed by atoms with Crippen molar-refractivity contribution >= 4 is 11.6 Å². The molecule has 0 saturated heterocycles. The number of para-hydroxylation sites is 1. The number of hydrogen-bond acceptors (Lipinski definition) is 3. The van der Waals surface area contributed by atoms with Gasteiger partial charge in [0.2, 0.25) is 5.91 Å². The first-order valence-electron chi connectivity index (χ1n) is 9.93. The fourth-order valence-electron chi connectivity index (χ4n) is 3.37. The van der Waals surface area contributed by atoms with E-state index in [0.29, 0.717) is 6.54 Å². The SMILES string of the molecule is CC.CC.CC(=O)N1Cc2cc(C)ccc2-c2c(nnn2C)-c2ccccc21. The monoisotopic (exact) mass is 378 g/mol. The van der Waals surface area contributed by atoms with Gasteiger partial charge in [-0.1, -0.05) is 74.9 Å². The molecule has 0 spiro atoms. The fraction of sp³-hybridized carbons (Fsp3) is 0.348. The first kappa shape index (κ1) is 21.4. The Labute approximate surface area is 168 Å². The second-order valence-corrected chi connectivity index (χ2v) is 6.19. The minimum atomic E-state index is 0.0160. The van der Waals surface area contributed by atoms with Crippen LogP contribution in [0.5, 0.6) is 0 Å². The van der Waals surface area contributed by atoms with Crippen LogP contribution in [0.3, 0.4) is 0 Å². The van der Waals surface area contributed by atoms with E-state index in [1.165, 1.54) is 5.56 Å². The van der Waals surface area contributed by atoms with Gasteiger partial charge in [0.15, 0.2) is 0 Å². The topological polar surface area (TPSA) is 51.0 Å². The van der Waals surface area contributed by atoms with Crippen LogP contribution in [0.1, 0.15) is 45.7 Å². The molecule has 0 bridgehead atoms. The number of amides is 1. The lowest BCUT2D eigenvalue weighted by molar-refractivity contribution is -0.116. The van der Waals surface area contributed by atoms with Gasteiger partial charge >= 0.3 is 0 Å². The highest BCUT2D eigenvalue weighted by Crippen LogP contribution is 2.40. The predicted octanol–water partition coefficient (Wildman–Crippen LogP) is 5.38. The summed E-state index contributed by atoms with van der Waals surface area (Å²) in [7, 11) is 1.91. The van der Waals surface area contributed by atoms with Gasteiger partial charge < -0.3 is 4.90 Å². The minimum absolute atomic E-state index is 0.0160. The first-order chi connectivity index (χ1) is 13.6. The van der Waals surface area contributed by atoms with Gasteiger partial charge in [-0.2, -0.15) is 0 Å². The van der Waals surface area contributed by atoms with Crippen molar-refractivity contribution in [3.63, 3.8) is 0 Å². The maximum atomic E-state index is 12.3. The zero-order valence-corrected chi connectivity index (χ0v) is 17.9. The molecule has 2 aromatic carbocycles. The number of anilines is 1. The Morgan fingerprint density at radius 2 is 1.68 bits per heavy atom. The van der Waals surface area contributed by atoms with Crippen molar-refractivity contribution in [2.75, 3.05) is 4.90 Å². The number of aromatic nitrogens is 3. The second-order valence-electron chi connectivity index (χ2n) is 6.19. The molecule has 5 heteroatoms. The summed E-state index contributed by atoms with van der Waals surface area (Å²) >= 11 is 0. The number of carbonyl (C=O) groups is 1. The van der Waals surface area contributed by atoms with E-state index in [1.54, 1.807) is 6.92 Å². The van der Waals surface area contributed by atoms with Gasteiger partial charge in [0.05, 0.1) is 17.9 Å². The van der Waals surface area contributed by atoms with Gasteiger partial charge in [-0.25, -0.2) is 4.68 Å². The summed E-state index contributed by atoms with van der Waals surface area (Å²) in [6, 6.07) is 14.2. The number of carbonyl (C=O) groups excluding carboxylic acids is 1. The largest absolute Gasteiger partial charge is 0.308 e. The summed E-state index contributed by atoms with van der Waals surface area (Å²) < 4.78 is 1.81. The van der Waals surface area contributed by atoms with Crippen LogP contribution in [0.15, 0.2) is 42.5 Å². The van der Waals surface area contributed by atoms with E-state index in [-0.39, 0.29) is 5.91 Å². The molecule has 0 fully saturated rings. The lowest BCUT2D eigenvalue weighted by Gasteiger charge is -2.27. The Bertz CT molecular complexity index is 959. The second kappa shape index (κ2) is 9.31.